The van der Waals surface area contributed by atoms with E-state index in [1.807, 2.05) is 53.4 Å². The molecule has 0 spiro atoms. The maximum absolute atomic E-state index is 12.9. The van der Waals surface area contributed by atoms with E-state index < -0.39 is 0 Å². The summed E-state index contributed by atoms with van der Waals surface area (Å²) in [5.74, 6) is 2.11. The largest absolute Gasteiger partial charge is 0.497 e. The molecule has 4 rings (SSSR count). The van der Waals surface area contributed by atoms with Crippen LogP contribution in [-0.4, -0.2) is 37.0 Å². The van der Waals surface area contributed by atoms with E-state index in [1.165, 1.54) is 12.8 Å². The molecule has 1 heterocycles. The van der Waals surface area contributed by atoms with Crippen LogP contribution < -0.4 is 10.5 Å². The fraction of sp³-hybridized carbons (Fsp3) is 0.381. The molecule has 4 heteroatoms. The standard InChI is InChI=1S/C21H24N2O2/c1-25-18-7-3-5-16(11-18)15-4-2-6-17(10-15)21(24)23-12-19(14-8-9-14)20(22)13-23/h2-7,10-11,14,19-20H,8-9,12-13,22H2,1H3/t19-,20+/m0/s1. The molecular weight excluding hydrogens is 312 g/mol. The minimum Gasteiger partial charge on any atom is -0.497 e. The van der Waals surface area contributed by atoms with Gasteiger partial charge in [-0.3, -0.25) is 4.79 Å². The van der Waals surface area contributed by atoms with Crippen molar-refractivity contribution in [3.8, 4) is 16.9 Å². The summed E-state index contributed by atoms with van der Waals surface area (Å²) in [6, 6.07) is 15.8. The highest BCUT2D eigenvalue weighted by atomic mass is 16.5. The van der Waals surface area contributed by atoms with Crippen LogP contribution in [0.3, 0.4) is 0 Å². The summed E-state index contributed by atoms with van der Waals surface area (Å²) in [5, 5.41) is 0. The molecule has 1 saturated heterocycles. The summed E-state index contributed by atoms with van der Waals surface area (Å²) in [5.41, 5.74) is 9.06. The second-order valence-corrected chi connectivity index (χ2v) is 7.19. The Bertz CT molecular complexity index is 785. The van der Waals surface area contributed by atoms with E-state index in [2.05, 4.69) is 0 Å². The zero-order chi connectivity index (χ0) is 17.4. The van der Waals surface area contributed by atoms with Crippen LogP contribution in [-0.2, 0) is 0 Å². The first-order valence-corrected chi connectivity index (χ1v) is 8.95. The third-order valence-corrected chi connectivity index (χ3v) is 5.44. The fourth-order valence-corrected chi connectivity index (χ4v) is 3.86. The minimum atomic E-state index is 0.0864. The smallest absolute Gasteiger partial charge is 0.253 e. The van der Waals surface area contributed by atoms with Crippen molar-refractivity contribution in [2.45, 2.75) is 18.9 Å². The number of likely N-dealkylation sites (tertiary alicyclic amines) is 1. The quantitative estimate of drug-likeness (QED) is 0.933. The van der Waals surface area contributed by atoms with Crippen LogP contribution >= 0.6 is 0 Å². The molecule has 2 atom stereocenters. The number of benzene rings is 2. The highest BCUT2D eigenvalue weighted by Crippen LogP contribution is 2.41. The van der Waals surface area contributed by atoms with E-state index in [4.69, 9.17) is 10.5 Å². The number of ether oxygens (including phenoxy) is 1. The lowest BCUT2D eigenvalue weighted by Gasteiger charge is -2.17. The number of hydrogen-bond donors (Lipinski definition) is 1. The zero-order valence-electron chi connectivity index (χ0n) is 14.5. The maximum atomic E-state index is 12.9. The number of methoxy groups -OCH3 is 1. The summed E-state index contributed by atoms with van der Waals surface area (Å²) < 4.78 is 5.30. The molecule has 1 aliphatic carbocycles. The van der Waals surface area contributed by atoms with E-state index in [9.17, 15) is 4.79 Å². The van der Waals surface area contributed by atoms with Gasteiger partial charge < -0.3 is 15.4 Å². The first-order chi connectivity index (χ1) is 12.2. The lowest BCUT2D eigenvalue weighted by Crippen LogP contribution is -2.32. The lowest BCUT2D eigenvalue weighted by molar-refractivity contribution is 0.0785. The van der Waals surface area contributed by atoms with E-state index >= 15 is 0 Å². The van der Waals surface area contributed by atoms with Gasteiger partial charge in [0.05, 0.1) is 7.11 Å². The summed E-state index contributed by atoms with van der Waals surface area (Å²) in [4.78, 5) is 14.9. The summed E-state index contributed by atoms with van der Waals surface area (Å²) in [7, 11) is 1.66. The fourth-order valence-electron chi connectivity index (χ4n) is 3.86. The highest BCUT2D eigenvalue weighted by Gasteiger charge is 2.42. The maximum Gasteiger partial charge on any atom is 0.253 e. The van der Waals surface area contributed by atoms with Crippen LogP contribution in [0.4, 0.5) is 0 Å². The van der Waals surface area contributed by atoms with Crippen molar-refractivity contribution in [1.29, 1.82) is 0 Å². The molecule has 130 valence electrons. The first-order valence-electron chi connectivity index (χ1n) is 8.95. The molecule has 1 saturated carbocycles. The molecule has 2 aromatic rings. The molecule has 1 aliphatic heterocycles. The van der Waals surface area contributed by atoms with Gasteiger partial charge in [0, 0.05) is 24.7 Å². The van der Waals surface area contributed by atoms with Gasteiger partial charge >= 0.3 is 0 Å². The number of hydrogen-bond acceptors (Lipinski definition) is 3. The van der Waals surface area contributed by atoms with Crippen LogP contribution in [0.5, 0.6) is 5.75 Å². The highest BCUT2D eigenvalue weighted by molar-refractivity contribution is 5.95. The average molecular weight is 336 g/mol. The lowest BCUT2D eigenvalue weighted by atomic mass is 9.99. The van der Waals surface area contributed by atoms with Gasteiger partial charge in [-0.15, -0.1) is 0 Å². The number of rotatable bonds is 4. The van der Waals surface area contributed by atoms with Gasteiger partial charge in [-0.25, -0.2) is 0 Å². The predicted octanol–water partition coefficient (Wildman–Crippen LogP) is 3.17. The van der Waals surface area contributed by atoms with Crippen molar-refractivity contribution in [1.82, 2.24) is 4.90 Å². The van der Waals surface area contributed by atoms with E-state index in [0.717, 1.165) is 34.9 Å². The van der Waals surface area contributed by atoms with Gasteiger partial charge in [-0.2, -0.15) is 0 Å². The van der Waals surface area contributed by atoms with Gasteiger partial charge in [0.15, 0.2) is 0 Å². The van der Waals surface area contributed by atoms with Crippen molar-refractivity contribution >= 4 is 5.91 Å². The van der Waals surface area contributed by atoms with Crippen LogP contribution in [0.2, 0.25) is 0 Å². The van der Waals surface area contributed by atoms with Crippen molar-refractivity contribution in [2.75, 3.05) is 20.2 Å². The third kappa shape index (κ3) is 3.27. The number of nitrogens with two attached hydrogens (primary N) is 1. The first kappa shape index (κ1) is 16.2. The average Bonchev–Trinajstić information content (AvgIpc) is 3.43. The molecule has 25 heavy (non-hydrogen) atoms. The molecule has 0 unspecified atom stereocenters. The number of carbonyl (C=O) groups is 1. The van der Waals surface area contributed by atoms with Crippen molar-refractivity contribution in [3.63, 3.8) is 0 Å². The second kappa shape index (κ2) is 6.52. The topological polar surface area (TPSA) is 55.6 Å². The SMILES string of the molecule is COc1cccc(-c2cccc(C(=O)N3C[C@@H](N)[C@H](C4CC4)C3)c2)c1. The number of nitrogens with zero attached hydrogens (tertiary/aromatic N) is 1. The molecular formula is C21H24N2O2. The molecule has 0 aromatic heterocycles. The number of carbonyl (C=O) groups excluding carboxylic acids is 1. The summed E-state index contributed by atoms with van der Waals surface area (Å²) in [6.07, 6.45) is 2.54. The predicted molar refractivity (Wildman–Crippen MR) is 98.5 cm³/mol. The second-order valence-electron chi connectivity index (χ2n) is 7.19. The van der Waals surface area contributed by atoms with Crippen molar-refractivity contribution in [3.05, 3.63) is 54.1 Å². The van der Waals surface area contributed by atoms with Gasteiger partial charge in [0.2, 0.25) is 0 Å². The van der Waals surface area contributed by atoms with Crippen LogP contribution in [0.1, 0.15) is 23.2 Å². The van der Waals surface area contributed by atoms with E-state index in [0.29, 0.717) is 12.5 Å². The molecule has 0 radical (unpaired) electrons. The third-order valence-electron chi connectivity index (χ3n) is 5.44. The monoisotopic (exact) mass is 336 g/mol. The van der Waals surface area contributed by atoms with Crippen LogP contribution in [0.25, 0.3) is 11.1 Å². The molecule has 2 aromatic carbocycles. The number of amides is 1. The summed E-state index contributed by atoms with van der Waals surface area (Å²) in [6.45, 7) is 1.47. The molecule has 2 N–H and O–H groups in total. The molecule has 1 amide bonds. The Hall–Kier alpha value is -2.33. The Morgan fingerprint density at radius 1 is 1.08 bits per heavy atom. The molecule has 0 bridgehead atoms. The van der Waals surface area contributed by atoms with Crippen LogP contribution in [0, 0.1) is 11.8 Å². The Kier molecular flexibility index (Phi) is 4.22. The Balaban J connectivity index is 1.55. The Labute approximate surface area is 148 Å². The Morgan fingerprint density at radius 2 is 1.80 bits per heavy atom. The van der Waals surface area contributed by atoms with Crippen molar-refractivity contribution < 1.29 is 9.53 Å². The molecule has 4 nitrogen and oxygen atoms in total. The van der Waals surface area contributed by atoms with Crippen molar-refractivity contribution in [2.24, 2.45) is 17.6 Å². The van der Waals surface area contributed by atoms with E-state index in [1.54, 1.807) is 7.11 Å². The minimum absolute atomic E-state index is 0.0864. The van der Waals surface area contributed by atoms with Gasteiger partial charge in [0.25, 0.3) is 5.91 Å². The van der Waals surface area contributed by atoms with Gasteiger partial charge in [-0.1, -0.05) is 24.3 Å². The van der Waals surface area contributed by atoms with Gasteiger partial charge in [-0.05, 0) is 60.1 Å². The molecule has 2 fully saturated rings. The van der Waals surface area contributed by atoms with E-state index in [-0.39, 0.29) is 11.9 Å². The molecule has 2 aliphatic rings. The Morgan fingerprint density at radius 3 is 2.52 bits per heavy atom. The summed E-state index contributed by atoms with van der Waals surface area (Å²) >= 11 is 0. The normalized spacial score (nSPS) is 22.9. The zero-order valence-corrected chi connectivity index (χ0v) is 14.5. The van der Waals surface area contributed by atoms with Crippen LogP contribution in [0.15, 0.2) is 48.5 Å². The van der Waals surface area contributed by atoms with Gasteiger partial charge in [0.1, 0.15) is 5.75 Å².